The van der Waals surface area contributed by atoms with E-state index in [1.54, 1.807) is 36.7 Å². The Balaban J connectivity index is 1.34. The summed E-state index contributed by atoms with van der Waals surface area (Å²) in [5, 5.41) is 8.80. The highest BCUT2D eigenvalue weighted by Crippen LogP contribution is 2.48. The van der Waals surface area contributed by atoms with Gasteiger partial charge in [0.15, 0.2) is 0 Å². The number of thioether (sulfide) groups is 1. The summed E-state index contributed by atoms with van der Waals surface area (Å²) in [7, 11) is 0. The van der Waals surface area contributed by atoms with Crippen LogP contribution in [0.1, 0.15) is 17.0 Å². The minimum Gasteiger partial charge on any atom is -0.419 e. The lowest BCUT2D eigenvalue weighted by atomic mass is 10.1. The van der Waals surface area contributed by atoms with Gasteiger partial charge >= 0.3 is 0 Å². The smallest absolute Gasteiger partial charge is 0.267 e. The number of rotatable bonds is 3. The number of carbonyl (C=O) groups is 1. The number of pyridine rings is 2. The van der Waals surface area contributed by atoms with E-state index in [2.05, 4.69) is 20.2 Å². The van der Waals surface area contributed by atoms with E-state index < -0.39 is 0 Å². The summed E-state index contributed by atoms with van der Waals surface area (Å²) in [4.78, 5) is 24.4. The number of amides is 1. The Kier molecular flexibility index (Phi) is 4.83. The number of aromatic nitrogens is 4. The van der Waals surface area contributed by atoms with Crippen LogP contribution < -0.4 is 0 Å². The third kappa shape index (κ3) is 3.36. The summed E-state index contributed by atoms with van der Waals surface area (Å²) < 4.78 is 6.20. The largest absolute Gasteiger partial charge is 0.419 e. The second-order valence-electron chi connectivity index (χ2n) is 7.27. The summed E-state index contributed by atoms with van der Waals surface area (Å²) >= 11 is 12.7. The van der Waals surface area contributed by atoms with Crippen molar-refractivity contribution in [3.63, 3.8) is 0 Å². The molecule has 1 amide bonds. The van der Waals surface area contributed by atoms with Crippen molar-refractivity contribution in [2.24, 2.45) is 0 Å². The van der Waals surface area contributed by atoms with Crippen LogP contribution in [0.15, 0.2) is 70.2 Å². The molecule has 0 unspecified atom stereocenters. The van der Waals surface area contributed by atoms with Crippen molar-refractivity contribution < 1.29 is 9.21 Å². The number of hydrogen-bond acceptors (Lipinski definition) is 8. The minimum atomic E-state index is -0.210. The normalized spacial score (nSPS) is 14.8. The minimum absolute atomic E-state index is 0.0851. The molecule has 160 valence electrons. The molecule has 1 aliphatic heterocycles. The molecule has 6 rings (SSSR count). The Morgan fingerprint density at radius 2 is 1.64 bits per heavy atom. The number of benzene rings is 1. The third-order valence-electron chi connectivity index (χ3n) is 5.31. The van der Waals surface area contributed by atoms with Gasteiger partial charge in [0.25, 0.3) is 5.91 Å². The Morgan fingerprint density at radius 3 is 2.30 bits per heavy atom. The first-order chi connectivity index (χ1) is 16.1. The van der Waals surface area contributed by atoms with Gasteiger partial charge in [-0.05, 0) is 36.4 Å². The zero-order valence-corrected chi connectivity index (χ0v) is 19.1. The average molecular weight is 490 g/mol. The van der Waals surface area contributed by atoms with Crippen LogP contribution in [0.4, 0.5) is 0 Å². The fourth-order valence-corrected chi connectivity index (χ4v) is 5.30. The molecule has 7 nitrogen and oxygen atoms in total. The molecule has 1 aliphatic carbocycles. The van der Waals surface area contributed by atoms with Crippen molar-refractivity contribution in [1.82, 2.24) is 25.1 Å². The van der Waals surface area contributed by atoms with Crippen LogP contribution in [0.5, 0.6) is 0 Å². The molecule has 0 spiro atoms. The van der Waals surface area contributed by atoms with Crippen LogP contribution in [0.25, 0.3) is 28.4 Å². The van der Waals surface area contributed by atoms with Crippen LogP contribution in [0.2, 0.25) is 5.02 Å². The average Bonchev–Trinajstić information content (AvgIpc) is 3.51. The predicted molar refractivity (Wildman–Crippen MR) is 129 cm³/mol. The monoisotopic (exact) mass is 489 g/mol. The lowest BCUT2D eigenvalue weighted by Gasteiger charge is -2.11. The highest BCUT2D eigenvalue weighted by Gasteiger charge is 2.39. The number of halogens is 1. The molecular weight excluding hydrogens is 478 g/mol. The molecule has 1 aromatic carbocycles. The van der Waals surface area contributed by atoms with E-state index in [0.717, 1.165) is 33.7 Å². The van der Waals surface area contributed by atoms with Gasteiger partial charge in [0, 0.05) is 39.7 Å². The van der Waals surface area contributed by atoms with Gasteiger partial charge in [-0.15, -0.1) is 10.2 Å². The highest BCUT2D eigenvalue weighted by molar-refractivity contribution is 8.26. The second kappa shape index (κ2) is 7.87. The Labute approximate surface area is 202 Å². The van der Waals surface area contributed by atoms with E-state index in [0.29, 0.717) is 20.1 Å². The van der Waals surface area contributed by atoms with E-state index in [1.807, 2.05) is 24.3 Å². The number of nitrogens with zero attached hydrogens (tertiary/aromatic N) is 5. The first-order valence-electron chi connectivity index (χ1n) is 9.87. The van der Waals surface area contributed by atoms with Gasteiger partial charge < -0.3 is 4.42 Å². The first kappa shape index (κ1) is 20.2. The van der Waals surface area contributed by atoms with Gasteiger partial charge in [-0.25, -0.2) is 0 Å². The lowest BCUT2D eigenvalue weighted by Crippen LogP contribution is -2.27. The zero-order valence-electron chi connectivity index (χ0n) is 16.7. The Bertz CT molecular complexity index is 1430. The number of fused-ring (bicyclic) bond motifs is 3. The van der Waals surface area contributed by atoms with Gasteiger partial charge in [-0.2, -0.15) is 0 Å². The van der Waals surface area contributed by atoms with E-state index in [1.165, 1.54) is 16.7 Å². The molecule has 33 heavy (non-hydrogen) atoms. The van der Waals surface area contributed by atoms with Crippen molar-refractivity contribution in [1.29, 1.82) is 0 Å². The number of carbonyl (C=O) groups excluding carboxylic acids is 1. The number of hydrogen-bond donors (Lipinski definition) is 0. The van der Waals surface area contributed by atoms with Crippen molar-refractivity contribution in [3.8, 4) is 22.8 Å². The summed E-state index contributed by atoms with van der Waals surface area (Å²) in [6, 6.07) is 14.7. The fraction of sp³-hybridized carbons (Fsp3) is 0.0435. The van der Waals surface area contributed by atoms with Gasteiger partial charge in [0.2, 0.25) is 11.8 Å². The van der Waals surface area contributed by atoms with Gasteiger partial charge in [-0.3, -0.25) is 19.7 Å². The third-order valence-corrected chi connectivity index (χ3v) is 7.01. The summed E-state index contributed by atoms with van der Waals surface area (Å²) in [5.74, 6) is 0.428. The molecule has 2 aliphatic rings. The van der Waals surface area contributed by atoms with Crippen molar-refractivity contribution in [2.45, 2.75) is 6.54 Å². The van der Waals surface area contributed by atoms with Crippen molar-refractivity contribution in [3.05, 3.63) is 87.9 Å². The topological polar surface area (TPSA) is 85.0 Å². The van der Waals surface area contributed by atoms with E-state index >= 15 is 0 Å². The summed E-state index contributed by atoms with van der Waals surface area (Å²) in [6.45, 7) is 0.0851. The van der Waals surface area contributed by atoms with Crippen molar-refractivity contribution >= 4 is 51.4 Å². The maximum absolute atomic E-state index is 13.5. The van der Waals surface area contributed by atoms with Crippen LogP contribution in [0.3, 0.4) is 0 Å². The molecule has 1 fully saturated rings. The second-order valence-corrected chi connectivity index (χ2v) is 9.35. The Hall–Kier alpha value is -3.40. The molecule has 0 atom stereocenters. The molecule has 0 N–H and O–H groups in total. The standard InChI is InChI=1S/C23H12ClN5O2S2/c24-13-7-5-12(6-8-13)21-28-27-16(31-21)11-29-22(30)20(33-23(29)32)17-14-3-1-9-25-18(14)19-15(17)4-2-10-26-19/h1-10H,11H2. The molecule has 0 bridgehead atoms. The van der Waals surface area contributed by atoms with Crippen molar-refractivity contribution in [2.75, 3.05) is 0 Å². The molecular formula is C23H12ClN5O2S2. The molecule has 1 saturated heterocycles. The van der Waals surface area contributed by atoms with E-state index in [4.69, 9.17) is 28.2 Å². The van der Waals surface area contributed by atoms with Crippen LogP contribution in [-0.2, 0) is 11.3 Å². The molecule has 4 heterocycles. The molecule has 3 aromatic heterocycles. The van der Waals surface area contributed by atoms with E-state index in [9.17, 15) is 4.79 Å². The predicted octanol–water partition coefficient (Wildman–Crippen LogP) is 4.98. The first-order valence-corrected chi connectivity index (χ1v) is 11.5. The fourth-order valence-electron chi connectivity index (χ4n) is 3.83. The molecule has 0 radical (unpaired) electrons. The highest BCUT2D eigenvalue weighted by atomic mass is 35.5. The van der Waals surface area contributed by atoms with Crippen LogP contribution in [0, 0.1) is 0 Å². The maximum Gasteiger partial charge on any atom is 0.267 e. The molecule has 0 saturated carbocycles. The quantitative estimate of drug-likeness (QED) is 0.259. The lowest BCUT2D eigenvalue weighted by molar-refractivity contribution is -0.122. The maximum atomic E-state index is 13.5. The van der Waals surface area contributed by atoms with Gasteiger partial charge in [0.1, 0.15) is 10.9 Å². The molecule has 10 heteroatoms. The zero-order chi connectivity index (χ0) is 22.5. The Morgan fingerprint density at radius 1 is 0.970 bits per heavy atom. The number of thiocarbonyl (C=S) groups is 1. The van der Waals surface area contributed by atoms with E-state index in [-0.39, 0.29) is 18.3 Å². The summed E-state index contributed by atoms with van der Waals surface area (Å²) in [6.07, 6.45) is 3.44. The van der Waals surface area contributed by atoms with Crippen LogP contribution in [-0.4, -0.2) is 35.3 Å². The summed E-state index contributed by atoms with van der Waals surface area (Å²) in [5.41, 5.74) is 4.80. The molecule has 4 aromatic rings. The van der Waals surface area contributed by atoms with Crippen LogP contribution >= 0.6 is 35.6 Å². The van der Waals surface area contributed by atoms with Gasteiger partial charge in [-0.1, -0.05) is 47.7 Å². The van der Waals surface area contributed by atoms with Gasteiger partial charge in [0.05, 0.1) is 16.3 Å². The SMILES string of the molecule is O=C1C(=C2c3cccnc3-c3ncccc32)SC(=S)N1Cc1nnc(-c2ccc(Cl)cc2)o1.